The molecule has 0 spiro atoms. The lowest BCUT2D eigenvalue weighted by Crippen LogP contribution is -2.38. The Balaban J connectivity index is 1.26. The Morgan fingerprint density at radius 1 is 0.950 bits per heavy atom. The summed E-state index contributed by atoms with van der Waals surface area (Å²) in [6, 6.07) is 23.9. The van der Waals surface area contributed by atoms with E-state index in [-0.39, 0.29) is 22.3 Å². The standard InChI is InChI=1S/C31H25Cl2N3O4/c1-2-21-7-5-6-10-26(21)34-28(37)17-36-30(38)27(35-31(36)39)16-20-14-24(32)29(25(33)15-20)40-18-19-11-12-22-8-3-4-9-23(22)13-19/h3-16H,2,17-18H2,1H3,(H,34,37)(H,35,39)/b27-16+. The van der Waals surface area contributed by atoms with Crippen LogP contribution in [-0.4, -0.2) is 29.3 Å². The normalized spacial score (nSPS) is 14.1. The molecule has 0 radical (unpaired) electrons. The van der Waals surface area contributed by atoms with E-state index in [1.165, 1.54) is 6.08 Å². The van der Waals surface area contributed by atoms with E-state index in [1.54, 1.807) is 24.3 Å². The number of ether oxygens (including phenoxy) is 1. The van der Waals surface area contributed by atoms with Crippen molar-refractivity contribution in [3.05, 3.63) is 111 Å². The van der Waals surface area contributed by atoms with Crippen molar-refractivity contribution in [2.75, 3.05) is 11.9 Å². The Hall–Kier alpha value is -4.33. The molecule has 40 heavy (non-hydrogen) atoms. The fraction of sp³-hybridized carbons (Fsp3) is 0.129. The van der Waals surface area contributed by atoms with Crippen molar-refractivity contribution in [3.63, 3.8) is 0 Å². The zero-order valence-corrected chi connectivity index (χ0v) is 23.1. The number of amides is 4. The van der Waals surface area contributed by atoms with Crippen LogP contribution in [0.1, 0.15) is 23.6 Å². The lowest BCUT2D eigenvalue weighted by Gasteiger charge is -2.13. The van der Waals surface area contributed by atoms with Crippen LogP contribution in [0.3, 0.4) is 0 Å². The molecule has 9 heteroatoms. The van der Waals surface area contributed by atoms with Gasteiger partial charge in [-0.15, -0.1) is 0 Å². The molecule has 5 rings (SSSR count). The number of halogens is 2. The van der Waals surface area contributed by atoms with Crippen LogP contribution >= 0.6 is 23.2 Å². The van der Waals surface area contributed by atoms with E-state index < -0.39 is 24.4 Å². The molecule has 1 aliphatic heterocycles. The molecule has 4 aromatic carbocycles. The molecule has 1 saturated heterocycles. The summed E-state index contributed by atoms with van der Waals surface area (Å²) in [6.07, 6.45) is 2.18. The second kappa shape index (κ2) is 11.8. The number of aryl methyl sites for hydroxylation is 1. The summed E-state index contributed by atoms with van der Waals surface area (Å²) in [5, 5.41) is 8.02. The number of nitrogens with one attached hydrogen (secondary N) is 2. The first kappa shape index (κ1) is 27.2. The second-order valence-corrected chi connectivity index (χ2v) is 10.0. The molecule has 1 fully saturated rings. The van der Waals surface area contributed by atoms with Crippen molar-refractivity contribution in [3.8, 4) is 5.75 Å². The largest absolute Gasteiger partial charge is 0.486 e. The van der Waals surface area contributed by atoms with Crippen LogP contribution in [0.5, 0.6) is 5.75 Å². The van der Waals surface area contributed by atoms with Gasteiger partial charge < -0.3 is 15.4 Å². The molecule has 0 saturated carbocycles. The van der Waals surface area contributed by atoms with E-state index in [0.717, 1.165) is 33.2 Å². The number of benzene rings is 4. The van der Waals surface area contributed by atoms with Crippen LogP contribution in [0.25, 0.3) is 16.8 Å². The third-order valence-electron chi connectivity index (χ3n) is 6.47. The molecule has 4 aromatic rings. The maximum atomic E-state index is 12.9. The number of para-hydroxylation sites is 1. The number of nitrogens with zero attached hydrogens (tertiary/aromatic N) is 1. The maximum absolute atomic E-state index is 12.9. The van der Waals surface area contributed by atoms with Crippen molar-refractivity contribution in [1.29, 1.82) is 0 Å². The van der Waals surface area contributed by atoms with E-state index in [4.69, 9.17) is 27.9 Å². The number of rotatable bonds is 8. The summed E-state index contributed by atoms with van der Waals surface area (Å²) < 4.78 is 5.92. The number of carbonyl (C=O) groups is 3. The maximum Gasteiger partial charge on any atom is 0.329 e. The summed E-state index contributed by atoms with van der Waals surface area (Å²) in [5.41, 5.74) is 3.04. The summed E-state index contributed by atoms with van der Waals surface area (Å²) in [5.74, 6) is -0.802. The Labute approximate surface area is 241 Å². The first-order valence-electron chi connectivity index (χ1n) is 12.6. The van der Waals surface area contributed by atoms with Gasteiger partial charge in [0.15, 0.2) is 5.75 Å². The predicted molar refractivity (Wildman–Crippen MR) is 157 cm³/mol. The van der Waals surface area contributed by atoms with Gasteiger partial charge in [-0.05, 0) is 64.2 Å². The Morgan fingerprint density at radius 3 is 2.40 bits per heavy atom. The molecule has 4 amide bonds. The van der Waals surface area contributed by atoms with Gasteiger partial charge in [-0.3, -0.25) is 9.59 Å². The second-order valence-electron chi connectivity index (χ2n) is 9.22. The van der Waals surface area contributed by atoms with Crippen molar-refractivity contribution < 1.29 is 19.1 Å². The fourth-order valence-electron chi connectivity index (χ4n) is 4.45. The molecule has 2 N–H and O–H groups in total. The topological polar surface area (TPSA) is 87.7 Å². The lowest BCUT2D eigenvalue weighted by molar-refractivity contribution is -0.127. The molecule has 1 heterocycles. The molecule has 0 unspecified atom stereocenters. The minimum atomic E-state index is -0.692. The number of hydrogen-bond acceptors (Lipinski definition) is 4. The van der Waals surface area contributed by atoms with Crippen LogP contribution < -0.4 is 15.4 Å². The third kappa shape index (κ3) is 5.96. The molecule has 0 aromatic heterocycles. The van der Waals surface area contributed by atoms with Gasteiger partial charge in [0.25, 0.3) is 5.91 Å². The monoisotopic (exact) mass is 573 g/mol. The Kier molecular flexibility index (Phi) is 8.05. The van der Waals surface area contributed by atoms with Gasteiger partial charge in [0.05, 0.1) is 10.0 Å². The third-order valence-corrected chi connectivity index (χ3v) is 7.03. The highest BCUT2D eigenvalue weighted by Crippen LogP contribution is 2.36. The SMILES string of the molecule is CCc1ccccc1NC(=O)CN1C(=O)N/C(=C/c2cc(Cl)c(OCc3ccc4ccccc4c3)c(Cl)c2)C1=O. The first-order chi connectivity index (χ1) is 19.3. The minimum Gasteiger partial charge on any atom is -0.486 e. The van der Waals surface area contributed by atoms with Gasteiger partial charge in [0, 0.05) is 5.69 Å². The van der Waals surface area contributed by atoms with Gasteiger partial charge >= 0.3 is 6.03 Å². The molecular weight excluding hydrogens is 549 g/mol. The number of carbonyl (C=O) groups excluding carboxylic acids is 3. The molecule has 0 aliphatic carbocycles. The van der Waals surface area contributed by atoms with Crippen molar-refractivity contribution in [2.24, 2.45) is 0 Å². The highest BCUT2D eigenvalue weighted by molar-refractivity contribution is 6.37. The summed E-state index contributed by atoms with van der Waals surface area (Å²) in [7, 11) is 0. The molecule has 202 valence electrons. The van der Waals surface area contributed by atoms with E-state index in [1.807, 2.05) is 61.5 Å². The van der Waals surface area contributed by atoms with E-state index >= 15 is 0 Å². The molecular formula is C31H25Cl2N3O4. The average Bonchev–Trinajstić information content (AvgIpc) is 3.19. The Bertz CT molecular complexity index is 1640. The number of imide groups is 1. The van der Waals surface area contributed by atoms with Gasteiger partial charge in [-0.1, -0.05) is 84.7 Å². The Morgan fingerprint density at radius 2 is 1.65 bits per heavy atom. The summed E-state index contributed by atoms with van der Waals surface area (Å²) in [6.45, 7) is 1.81. The molecule has 0 atom stereocenters. The molecule has 7 nitrogen and oxygen atoms in total. The zero-order chi connectivity index (χ0) is 28.2. The van der Waals surface area contributed by atoms with Crippen LogP contribution in [0.2, 0.25) is 10.0 Å². The van der Waals surface area contributed by atoms with E-state index in [9.17, 15) is 14.4 Å². The van der Waals surface area contributed by atoms with E-state index in [0.29, 0.717) is 17.0 Å². The number of hydrogen-bond donors (Lipinski definition) is 2. The minimum absolute atomic E-state index is 0.00345. The average molecular weight is 574 g/mol. The van der Waals surface area contributed by atoms with Crippen LogP contribution in [-0.2, 0) is 22.6 Å². The van der Waals surface area contributed by atoms with Crippen molar-refractivity contribution in [2.45, 2.75) is 20.0 Å². The zero-order valence-electron chi connectivity index (χ0n) is 21.5. The van der Waals surface area contributed by atoms with Crippen molar-refractivity contribution >= 4 is 63.6 Å². The number of anilines is 1. The van der Waals surface area contributed by atoms with Gasteiger partial charge in [0.2, 0.25) is 5.91 Å². The first-order valence-corrected chi connectivity index (χ1v) is 13.4. The quantitative estimate of drug-likeness (QED) is 0.179. The van der Waals surface area contributed by atoms with Gasteiger partial charge in [0.1, 0.15) is 18.8 Å². The van der Waals surface area contributed by atoms with Crippen LogP contribution in [0.15, 0.2) is 84.6 Å². The van der Waals surface area contributed by atoms with Crippen LogP contribution in [0, 0.1) is 0 Å². The molecule has 1 aliphatic rings. The van der Waals surface area contributed by atoms with Crippen molar-refractivity contribution in [1.82, 2.24) is 10.2 Å². The number of urea groups is 1. The van der Waals surface area contributed by atoms with Crippen LogP contribution in [0.4, 0.5) is 10.5 Å². The van der Waals surface area contributed by atoms with E-state index in [2.05, 4.69) is 10.6 Å². The van der Waals surface area contributed by atoms with Gasteiger partial charge in [-0.2, -0.15) is 0 Å². The van der Waals surface area contributed by atoms with Gasteiger partial charge in [-0.25, -0.2) is 9.69 Å². The summed E-state index contributed by atoms with van der Waals surface area (Å²) in [4.78, 5) is 38.9. The molecule has 0 bridgehead atoms. The fourth-order valence-corrected chi connectivity index (χ4v) is 5.06. The highest BCUT2D eigenvalue weighted by atomic mass is 35.5. The lowest BCUT2D eigenvalue weighted by atomic mass is 10.1. The summed E-state index contributed by atoms with van der Waals surface area (Å²) >= 11 is 12.9. The smallest absolute Gasteiger partial charge is 0.329 e. The predicted octanol–water partition coefficient (Wildman–Crippen LogP) is 6.82. The highest BCUT2D eigenvalue weighted by Gasteiger charge is 2.35. The number of fused-ring (bicyclic) bond motifs is 1.